The van der Waals surface area contributed by atoms with Crippen molar-refractivity contribution >= 4 is 38.8 Å². The van der Waals surface area contributed by atoms with Crippen molar-refractivity contribution in [2.45, 2.75) is 39.3 Å². The number of carbonyl (C=O) groups excluding carboxylic acids is 1. The lowest BCUT2D eigenvalue weighted by molar-refractivity contribution is -0.131. The first-order valence-electron chi connectivity index (χ1n) is 8.31. The van der Waals surface area contributed by atoms with Crippen molar-refractivity contribution in [2.24, 2.45) is 0 Å². The lowest BCUT2D eigenvalue weighted by Crippen LogP contribution is -2.33. The molecule has 0 spiro atoms. The maximum absolute atomic E-state index is 12.8. The molecule has 1 aliphatic carbocycles. The SMILES string of the molecule is Cc1ccsc1CN(C)C(=O)Cn1cnc2sc3c(c2c1=O)CCC3. The molecule has 1 amide bonds. The number of carbonyl (C=O) groups is 1. The van der Waals surface area contributed by atoms with Crippen molar-refractivity contribution in [3.05, 3.63) is 49.0 Å². The van der Waals surface area contributed by atoms with Crippen molar-refractivity contribution in [3.63, 3.8) is 0 Å². The van der Waals surface area contributed by atoms with Crippen molar-refractivity contribution in [2.75, 3.05) is 7.05 Å². The van der Waals surface area contributed by atoms with Gasteiger partial charge in [-0.3, -0.25) is 14.2 Å². The van der Waals surface area contributed by atoms with Crippen LogP contribution in [0.25, 0.3) is 10.2 Å². The van der Waals surface area contributed by atoms with Crippen LogP contribution in [0.15, 0.2) is 22.6 Å². The van der Waals surface area contributed by atoms with Crippen LogP contribution in [0.4, 0.5) is 0 Å². The molecule has 0 bridgehead atoms. The molecule has 0 N–H and O–H groups in total. The van der Waals surface area contributed by atoms with Crippen LogP contribution in [0.3, 0.4) is 0 Å². The molecule has 3 heterocycles. The quantitative estimate of drug-likeness (QED) is 0.706. The van der Waals surface area contributed by atoms with E-state index >= 15 is 0 Å². The second-order valence-corrected chi connectivity index (χ2v) is 8.58. The summed E-state index contributed by atoms with van der Waals surface area (Å²) < 4.78 is 1.45. The predicted molar refractivity (Wildman–Crippen MR) is 101 cm³/mol. The van der Waals surface area contributed by atoms with E-state index in [0.29, 0.717) is 6.54 Å². The van der Waals surface area contributed by atoms with E-state index in [1.165, 1.54) is 26.2 Å². The first kappa shape index (κ1) is 16.5. The number of thiophene rings is 2. The van der Waals surface area contributed by atoms with Gasteiger partial charge >= 0.3 is 0 Å². The highest BCUT2D eigenvalue weighted by atomic mass is 32.1. The van der Waals surface area contributed by atoms with Crippen molar-refractivity contribution < 1.29 is 4.79 Å². The molecule has 25 heavy (non-hydrogen) atoms. The van der Waals surface area contributed by atoms with E-state index in [-0.39, 0.29) is 18.0 Å². The van der Waals surface area contributed by atoms with E-state index in [2.05, 4.69) is 11.1 Å². The largest absolute Gasteiger partial charge is 0.339 e. The summed E-state index contributed by atoms with van der Waals surface area (Å²) in [7, 11) is 1.78. The van der Waals surface area contributed by atoms with E-state index in [0.717, 1.165) is 35.0 Å². The molecule has 3 aromatic rings. The van der Waals surface area contributed by atoms with Crippen molar-refractivity contribution in [1.82, 2.24) is 14.5 Å². The first-order chi connectivity index (χ1) is 12.0. The highest BCUT2D eigenvalue weighted by molar-refractivity contribution is 7.18. The van der Waals surface area contributed by atoms with E-state index in [4.69, 9.17) is 0 Å². The predicted octanol–water partition coefficient (Wildman–Crippen LogP) is 2.98. The molecule has 4 rings (SSSR count). The third-order valence-electron chi connectivity index (χ3n) is 4.77. The van der Waals surface area contributed by atoms with Gasteiger partial charge in [-0.25, -0.2) is 4.98 Å². The maximum Gasteiger partial charge on any atom is 0.262 e. The molecule has 0 radical (unpaired) electrons. The zero-order valence-electron chi connectivity index (χ0n) is 14.2. The summed E-state index contributed by atoms with van der Waals surface area (Å²) in [6.45, 7) is 2.65. The third-order valence-corrected chi connectivity index (χ3v) is 6.98. The van der Waals surface area contributed by atoms with Crippen LogP contribution >= 0.6 is 22.7 Å². The van der Waals surface area contributed by atoms with Crippen LogP contribution in [-0.2, 0) is 30.7 Å². The Hall–Kier alpha value is -1.99. The molecule has 0 aliphatic heterocycles. The lowest BCUT2D eigenvalue weighted by Gasteiger charge is -2.17. The van der Waals surface area contributed by atoms with Gasteiger partial charge in [0.1, 0.15) is 11.4 Å². The van der Waals surface area contributed by atoms with E-state index in [1.54, 1.807) is 34.6 Å². The monoisotopic (exact) mass is 373 g/mol. The number of rotatable bonds is 4. The molecule has 7 heteroatoms. The second-order valence-electron chi connectivity index (χ2n) is 6.49. The minimum absolute atomic E-state index is 0.0350. The fourth-order valence-corrected chi connectivity index (χ4v) is 5.45. The Morgan fingerprint density at radius 3 is 3.00 bits per heavy atom. The van der Waals surface area contributed by atoms with Gasteiger partial charge in [-0.05, 0) is 48.8 Å². The Morgan fingerprint density at radius 2 is 2.24 bits per heavy atom. The van der Waals surface area contributed by atoms with Gasteiger partial charge < -0.3 is 4.90 Å². The van der Waals surface area contributed by atoms with Crippen LogP contribution in [0.5, 0.6) is 0 Å². The highest BCUT2D eigenvalue weighted by Gasteiger charge is 2.22. The molecule has 5 nitrogen and oxygen atoms in total. The normalized spacial score (nSPS) is 13.4. The molecular weight excluding hydrogens is 354 g/mol. The van der Waals surface area contributed by atoms with Gasteiger partial charge in [0, 0.05) is 16.8 Å². The Kier molecular flexibility index (Phi) is 4.21. The van der Waals surface area contributed by atoms with Crippen molar-refractivity contribution in [1.29, 1.82) is 0 Å². The first-order valence-corrected chi connectivity index (χ1v) is 10.0. The molecule has 0 saturated carbocycles. The van der Waals surface area contributed by atoms with E-state index in [1.807, 2.05) is 12.3 Å². The fraction of sp³-hybridized carbons (Fsp3) is 0.389. The molecule has 130 valence electrons. The molecule has 0 unspecified atom stereocenters. The number of nitrogens with zero attached hydrogens (tertiary/aromatic N) is 3. The minimum atomic E-state index is -0.0848. The van der Waals surface area contributed by atoms with Crippen LogP contribution in [-0.4, -0.2) is 27.4 Å². The number of amides is 1. The number of likely N-dealkylation sites (N-methyl/N-ethyl adjacent to an activating group) is 1. The summed E-state index contributed by atoms with van der Waals surface area (Å²) in [5.41, 5.74) is 2.26. The van der Waals surface area contributed by atoms with E-state index in [9.17, 15) is 9.59 Å². The van der Waals surface area contributed by atoms with Crippen LogP contribution in [0.2, 0.25) is 0 Å². The van der Waals surface area contributed by atoms with Crippen LogP contribution < -0.4 is 5.56 Å². The zero-order valence-corrected chi connectivity index (χ0v) is 15.9. The summed E-state index contributed by atoms with van der Waals surface area (Å²) in [6.07, 6.45) is 4.60. The van der Waals surface area contributed by atoms with Gasteiger partial charge in [0.2, 0.25) is 5.91 Å². The summed E-state index contributed by atoms with van der Waals surface area (Å²) in [4.78, 5) is 34.8. The summed E-state index contributed by atoms with van der Waals surface area (Å²) in [5, 5.41) is 2.76. The number of aromatic nitrogens is 2. The average molecular weight is 374 g/mol. The zero-order chi connectivity index (χ0) is 17.6. The molecular formula is C18H19N3O2S2. The van der Waals surface area contributed by atoms with Gasteiger partial charge in [0.25, 0.3) is 5.56 Å². The summed E-state index contributed by atoms with van der Waals surface area (Å²) >= 11 is 3.27. The average Bonchev–Trinajstić information content (AvgIpc) is 3.26. The molecule has 0 atom stereocenters. The van der Waals surface area contributed by atoms with Gasteiger partial charge in [0.15, 0.2) is 0 Å². The fourth-order valence-electron chi connectivity index (χ4n) is 3.27. The Morgan fingerprint density at radius 1 is 1.40 bits per heavy atom. The molecule has 3 aromatic heterocycles. The highest BCUT2D eigenvalue weighted by Crippen LogP contribution is 2.34. The molecule has 1 aliphatic rings. The summed E-state index contributed by atoms with van der Waals surface area (Å²) in [5.74, 6) is -0.0806. The number of hydrogen-bond acceptors (Lipinski definition) is 5. The number of aryl methyl sites for hydroxylation is 3. The standard InChI is InChI=1S/C18H19N3O2S2/c1-11-6-7-24-14(11)8-20(2)15(22)9-21-10-19-17-16(18(21)23)12-4-3-5-13(12)25-17/h6-7,10H,3-5,8-9H2,1-2H3. The maximum atomic E-state index is 12.8. The van der Waals surface area contributed by atoms with Gasteiger partial charge in [0.05, 0.1) is 18.3 Å². The third kappa shape index (κ3) is 2.91. The van der Waals surface area contributed by atoms with Gasteiger partial charge in [-0.2, -0.15) is 0 Å². The Bertz CT molecular complexity index is 1020. The molecule has 0 fully saturated rings. The van der Waals surface area contributed by atoms with E-state index < -0.39 is 0 Å². The Labute approximate surface area is 153 Å². The van der Waals surface area contributed by atoms with Crippen LogP contribution in [0.1, 0.15) is 27.3 Å². The second kappa shape index (κ2) is 6.38. The molecule has 0 saturated heterocycles. The molecule has 0 aromatic carbocycles. The van der Waals surface area contributed by atoms with Crippen LogP contribution in [0, 0.1) is 6.92 Å². The minimum Gasteiger partial charge on any atom is -0.339 e. The van der Waals surface area contributed by atoms with Gasteiger partial charge in [-0.1, -0.05) is 0 Å². The Balaban J connectivity index is 1.58. The smallest absolute Gasteiger partial charge is 0.262 e. The summed E-state index contributed by atoms with van der Waals surface area (Å²) in [6, 6.07) is 2.05. The number of hydrogen-bond donors (Lipinski definition) is 0. The lowest BCUT2D eigenvalue weighted by atomic mass is 10.2. The van der Waals surface area contributed by atoms with Gasteiger partial charge in [-0.15, -0.1) is 22.7 Å². The topological polar surface area (TPSA) is 55.2 Å². The number of fused-ring (bicyclic) bond motifs is 3. The van der Waals surface area contributed by atoms with Crippen molar-refractivity contribution in [3.8, 4) is 0 Å².